The Morgan fingerprint density at radius 2 is 2.15 bits per heavy atom. The van der Waals surface area contributed by atoms with Crippen LogP contribution in [0.2, 0.25) is 5.02 Å². The van der Waals surface area contributed by atoms with Gasteiger partial charge in [0.15, 0.2) is 0 Å². The van der Waals surface area contributed by atoms with Gasteiger partial charge in [-0.1, -0.05) is 11.6 Å². The van der Waals surface area contributed by atoms with Gasteiger partial charge in [-0.05, 0) is 24.6 Å². The summed E-state index contributed by atoms with van der Waals surface area (Å²) in [6, 6.07) is 7.48. The van der Waals surface area contributed by atoms with E-state index < -0.39 is 4.92 Å². The molecule has 0 aliphatic rings. The molecule has 2 rings (SSSR count). The number of nitro groups is 1. The van der Waals surface area contributed by atoms with Crippen LogP contribution in [0.4, 0.5) is 5.69 Å². The van der Waals surface area contributed by atoms with E-state index in [1.807, 2.05) is 6.92 Å². The molecular weight excluding hydrogens is 282 g/mol. The normalized spacial score (nSPS) is 11.9. The molecule has 0 aliphatic carbocycles. The molecule has 2 aromatic rings. The standard InChI is InChI=1S/C13H12ClN3O3/c1-8(15)9-4-5-16-13(6-9)20-10-2-3-12(17(18)19)11(14)7-10/h2-8H,15H2,1H3/t8-/m0/s1. The van der Waals surface area contributed by atoms with E-state index in [1.165, 1.54) is 18.2 Å². The molecule has 0 bridgehead atoms. The molecule has 0 fully saturated rings. The van der Waals surface area contributed by atoms with Crippen molar-refractivity contribution in [2.45, 2.75) is 13.0 Å². The van der Waals surface area contributed by atoms with Crippen molar-refractivity contribution in [2.75, 3.05) is 0 Å². The molecule has 1 atom stereocenters. The maximum atomic E-state index is 10.7. The van der Waals surface area contributed by atoms with Gasteiger partial charge >= 0.3 is 0 Å². The number of rotatable bonds is 4. The molecule has 0 unspecified atom stereocenters. The van der Waals surface area contributed by atoms with Crippen LogP contribution in [0.15, 0.2) is 36.5 Å². The van der Waals surface area contributed by atoms with E-state index in [9.17, 15) is 10.1 Å². The van der Waals surface area contributed by atoms with Crippen molar-refractivity contribution in [1.29, 1.82) is 0 Å². The van der Waals surface area contributed by atoms with Crippen LogP contribution in [-0.2, 0) is 0 Å². The molecular formula is C13H12ClN3O3. The van der Waals surface area contributed by atoms with Crippen molar-refractivity contribution in [3.05, 3.63) is 57.2 Å². The van der Waals surface area contributed by atoms with Gasteiger partial charge in [-0.3, -0.25) is 10.1 Å². The van der Waals surface area contributed by atoms with Gasteiger partial charge < -0.3 is 10.5 Å². The molecule has 104 valence electrons. The monoisotopic (exact) mass is 293 g/mol. The summed E-state index contributed by atoms with van der Waals surface area (Å²) in [6.45, 7) is 1.85. The predicted molar refractivity (Wildman–Crippen MR) is 75.0 cm³/mol. The first-order valence-corrected chi connectivity index (χ1v) is 6.18. The second-order valence-electron chi connectivity index (χ2n) is 4.19. The SMILES string of the molecule is C[C@H](N)c1ccnc(Oc2ccc([N+](=O)[O-])c(Cl)c2)c1. The van der Waals surface area contributed by atoms with E-state index >= 15 is 0 Å². The average molecular weight is 294 g/mol. The van der Waals surface area contributed by atoms with Crippen molar-refractivity contribution < 1.29 is 9.66 Å². The van der Waals surface area contributed by atoms with Crippen LogP contribution in [0, 0.1) is 10.1 Å². The van der Waals surface area contributed by atoms with Crippen LogP contribution in [0.3, 0.4) is 0 Å². The molecule has 6 nitrogen and oxygen atoms in total. The zero-order chi connectivity index (χ0) is 14.7. The summed E-state index contributed by atoms with van der Waals surface area (Å²) in [7, 11) is 0. The molecule has 0 spiro atoms. The van der Waals surface area contributed by atoms with Gasteiger partial charge in [-0.2, -0.15) is 0 Å². The fraction of sp³-hybridized carbons (Fsp3) is 0.154. The predicted octanol–water partition coefficient (Wildman–Crippen LogP) is 3.46. The number of halogens is 1. The number of ether oxygens (including phenoxy) is 1. The number of aromatic nitrogens is 1. The second-order valence-corrected chi connectivity index (χ2v) is 4.60. The highest BCUT2D eigenvalue weighted by Gasteiger charge is 2.13. The summed E-state index contributed by atoms with van der Waals surface area (Å²) in [6.07, 6.45) is 1.58. The molecule has 0 saturated carbocycles. The van der Waals surface area contributed by atoms with Gasteiger partial charge in [0.2, 0.25) is 5.88 Å². The minimum absolute atomic E-state index is 0.0100. The lowest BCUT2D eigenvalue weighted by Crippen LogP contribution is -2.05. The first-order chi connectivity index (χ1) is 9.47. The van der Waals surface area contributed by atoms with E-state index in [-0.39, 0.29) is 16.8 Å². The Labute approximate surface area is 120 Å². The Morgan fingerprint density at radius 3 is 2.75 bits per heavy atom. The number of nitro benzene ring substituents is 1. The topological polar surface area (TPSA) is 91.3 Å². The minimum atomic E-state index is -0.554. The maximum Gasteiger partial charge on any atom is 0.288 e. The summed E-state index contributed by atoms with van der Waals surface area (Å²) in [5.74, 6) is 0.722. The zero-order valence-corrected chi connectivity index (χ0v) is 11.4. The van der Waals surface area contributed by atoms with Crippen molar-refractivity contribution in [3.63, 3.8) is 0 Å². The van der Waals surface area contributed by atoms with Crippen molar-refractivity contribution in [1.82, 2.24) is 4.98 Å². The number of nitrogens with zero attached hydrogens (tertiary/aromatic N) is 2. The van der Waals surface area contributed by atoms with Crippen LogP contribution in [-0.4, -0.2) is 9.91 Å². The maximum absolute atomic E-state index is 10.7. The van der Waals surface area contributed by atoms with Gasteiger partial charge in [0.25, 0.3) is 5.69 Å². The lowest BCUT2D eigenvalue weighted by molar-refractivity contribution is -0.384. The molecule has 20 heavy (non-hydrogen) atoms. The third kappa shape index (κ3) is 3.23. The number of benzene rings is 1. The van der Waals surface area contributed by atoms with E-state index in [4.69, 9.17) is 22.1 Å². The van der Waals surface area contributed by atoms with Gasteiger partial charge in [-0.25, -0.2) is 4.98 Å². The lowest BCUT2D eigenvalue weighted by atomic mass is 10.1. The summed E-state index contributed by atoms with van der Waals surface area (Å²) in [5.41, 5.74) is 6.48. The Bertz CT molecular complexity index is 647. The van der Waals surface area contributed by atoms with Crippen LogP contribution in [0.5, 0.6) is 11.6 Å². The Balaban J connectivity index is 2.24. The Hall–Kier alpha value is -2.18. The van der Waals surface area contributed by atoms with Crippen LogP contribution in [0.1, 0.15) is 18.5 Å². The van der Waals surface area contributed by atoms with Gasteiger partial charge in [0.1, 0.15) is 10.8 Å². The van der Waals surface area contributed by atoms with Crippen molar-refractivity contribution in [3.8, 4) is 11.6 Å². The van der Waals surface area contributed by atoms with E-state index in [1.54, 1.807) is 18.3 Å². The lowest BCUT2D eigenvalue weighted by Gasteiger charge is -2.09. The van der Waals surface area contributed by atoms with Crippen LogP contribution >= 0.6 is 11.6 Å². The largest absolute Gasteiger partial charge is 0.439 e. The molecule has 0 saturated heterocycles. The Kier molecular flexibility index (Phi) is 4.16. The minimum Gasteiger partial charge on any atom is -0.439 e. The molecule has 7 heteroatoms. The van der Waals surface area contributed by atoms with Gasteiger partial charge in [0.05, 0.1) is 4.92 Å². The quantitative estimate of drug-likeness (QED) is 0.688. The summed E-state index contributed by atoms with van der Waals surface area (Å²) in [4.78, 5) is 14.2. The fourth-order valence-electron chi connectivity index (χ4n) is 1.58. The third-order valence-corrected chi connectivity index (χ3v) is 2.93. The first-order valence-electron chi connectivity index (χ1n) is 5.80. The first kappa shape index (κ1) is 14.2. The highest BCUT2D eigenvalue weighted by atomic mass is 35.5. The highest BCUT2D eigenvalue weighted by molar-refractivity contribution is 6.32. The zero-order valence-electron chi connectivity index (χ0n) is 10.6. The number of hydrogen-bond donors (Lipinski definition) is 1. The summed E-state index contributed by atoms with van der Waals surface area (Å²) < 4.78 is 5.51. The molecule has 1 aromatic carbocycles. The van der Waals surface area contributed by atoms with Crippen LogP contribution < -0.4 is 10.5 Å². The molecule has 2 N–H and O–H groups in total. The molecule has 0 radical (unpaired) electrons. The van der Waals surface area contributed by atoms with E-state index in [0.717, 1.165) is 5.56 Å². The highest BCUT2D eigenvalue weighted by Crippen LogP contribution is 2.30. The number of nitrogens with two attached hydrogens (primary N) is 1. The third-order valence-electron chi connectivity index (χ3n) is 2.62. The van der Waals surface area contributed by atoms with Gasteiger partial charge in [-0.15, -0.1) is 0 Å². The summed E-state index contributed by atoms with van der Waals surface area (Å²) >= 11 is 5.81. The number of hydrogen-bond acceptors (Lipinski definition) is 5. The fourth-order valence-corrected chi connectivity index (χ4v) is 1.82. The average Bonchev–Trinajstić information content (AvgIpc) is 2.38. The van der Waals surface area contributed by atoms with Crippen molar-refractivity contribution in [2.24, 2.45) is 5.73 Å². The summed E-state index contributed by atoms with van der Waals surface area (Å²) in [5, 5.41) is 10.7. The smallest absolute Gasteiger partial charge is 0.288 e. The molecule has 1 heterocycles. The van der Waals surface area contributed by atoms with Gasteiger partial charge in [0, 0.05) is 30.4 Å². The molecule has 0 amide bonds. The molecule has 1 aromatic heterocycles. The Morgan fingerprint density at radius 1 is 1.40 bits per heavy atom. The second kappa shape index (κ2) is 5.85. The van der Waals surface area contributed by atoms with E-state index in [0.29, 0.717) is 11.6 Å². The van der Waals surface area contributed by atoms with Crippen molar-refractivity contribution >= 4 is 17.3 Å². The number of pyridine rings is 1. The van der Waals surface area contributed by atoms with Crippen LogP contribution in [0.25, 0.3) is 0 Å². The van der Waals surface area contributed by atoms with E-state index in [2.05, 4.69) is 4.98 Å². The molecule has 0 aliphatic heterocycles.